The number of anilines is 1. The molecule has 0 radical (unpaired) electrons. The summed E-state index contributed by atoms with van der Waals surface area (Å²) in [4.78, 5) is 2.40. The van der Waals surface area contributed by atoms with E-state index in [0.717, 1.165) is 36.4 Å². The smallest absolute Gasteiger partial charge is 0.211 e. The first kappa shape index (κ1) is 22.4. The Morgan fingerprint density at radius 2 is 1.53 bits per heavy atom. The van der Waals surface area contributed by atoms with Gasteiger partial charge in [0.15, 0.2) is 0 Å². The summed E-state index contributed by atoms with van der Waals surface area (Å²) in [6, 6.07) is 24.6. The predicted molar refractivity (Wildman–Crippen MR) is 130 cm³/mol. The van der Waals surface area contributed by atoms with Gasteiger partial charge in [-0.3, -0.25) is 0 Å². The summed E-state index contributed by atoms with van der Waals surface area (Å²) in [5.41, 5.74) is 6.16. The summed E-state index contributed by atoms with van der Waals surface area (Å²) in [7, 11) is -1.69. The molecule has 6 heteroatoms. The molecule has 32 heavy (non-hydrogen) atoms. The third-order valence-electron chi connectivity index (χ3n) is 5.99. The van der Waals surface area contributed by atoms with Crippen molar-refractivity contribution in [3.63, 3.8) is 0 Å². The number of ether oxygens (including phenoxy) is 1. The lowest BCUT2D eigenvalue weighted by molar-refractivity contribution is 0.414. The van der Waals surface area contributed by atoms with Crippen LogP contribution in [0.1, 0.15) is 22.3 Å². The summed E-state index contributed by atoms with van der Waals surface area (Å²) in [5, 5.41) is 0. The van der Waals surface area contributed by atoms with E-state index in [1.54, 1.807) is 7.11 Å². The fraction of sp³-hybridized carbons (Fsp3) is 0.308. The molecule has 0 atom stereocenters. The van der Waals surface area contributed by atoms with E-state index in [0.29, 0.717) is 19.4 Å². The maximum Gasteiger partial charge on any atom is 0.211 e. The fourth-order valence-electron chi connectivity index (χ4n) is 4.06. The van der Waals surface area contributed by atoms with Crippen molar-refractivity contribution in [1.29, 1.82) is 0 Å². The molecule has 0 spiro atoms. The second-order valence-electron chi connectivity index (χ2n) is 8.17. The Morgan fingerprint density at radius 3 is 2.25 bits per heavy atom. The van der Waals surface area contributed by atoms with E-state index in [4.69, 9.17) is 4.74 Å². The minimum Gasteiger partial charge on any atom is -0.497 e. The van der Waals surface area contributed by atoms with Gasteiger partial charge in [0.2, 0.25) is 10.0 Å². The average molecular weight is 451 g/mol. The van der Waals surface area contributed by atoms with Crippen LogP contribution < -0.4 is 14.4 Å². The number of sulfonamides is 1. The van der Waals surface area contributed by atoms with E-state index in [-0.39, 0.29) is 5.75 Å². The van der Waals surface area contributed by atoms with Crippen LogP contribution in [-0.4, -0.2) is 34.4 Å². The van der Waals surface area contributed by atoms with Gasteiger partial charge in [0.25, 0.3) is 0 Å². The molecule has 0 aromatic heterocycles. The first-order valence-corrected chi connectivity index (χ1v) is 12.7. The maximum absolute atomic E-state index is 12.3. The summed E-state index contributed by atoms with van der Waals surface area (Å²) >= 11 is 0. The molecule has 0 amide bonds. The molecule has 0 unspecified atom stereocenters. The predicted octanol–water partition coefficient (Wildman–Crippen LogP) is 3.96. The Labute approximate surface area is 191 Å². The average Bonchev–Trinajstić information content (AvgIpc) is 2.83. The number of nitrogens with one attached hydrogen (secondary N) is 1. The van der Waals surface area contributed by atoms with Crippen LogP contribution in [-0.2, 0) is 35.8 Å². The summed E-state index contributed by atoms with van der Waals surface area (Å²) in [6.45, 7) is 2.36. The van der Waals surface area contributed by atoms with Gasteiger partial charge in [-0.25, -0.2) is 13.1 Å². The largest absolute Gasteiger partial charge is 0.497 e. The Bertz CT molecular complexity index is 1130. The molecule has 0 saturated heterocycles. The zero-order valence-corrected chi connectivity index (χ0v) is 19.3. The Kier molecular flexibility index (Phi) is 7.12. The van der Waals surface area contributed by atoms with Crippen LogP contribution in [0.4, 0.5) is 5.69 Å². The first-order chi connectivity index (χ1) is 15.5. The molecule has 3 aromatic rings. The molecule has 0 bridgehead atoms. The number of aryl methyl sites for hydroxylation is 1. The summed E-state index contributed by atoms with van der Waals surface area (Å²) in [5.74, 6) is 0.847. The van der Waals surface area contributed by atoms with Gasteiger partial charge in [0, 0.05) is 25.3 Å². The van der Waals surface area contributed by atoms with Crippen molar-refractivity contribution in [3.8, 4) is 5.75 Å². The molecule has 5 nitrogen and oxygen atoms in total. The zero-order chi connectivity index (χ0) is 22.4. The summed E-state index contributed by atoms with van der Waals surface area (Å²) in [6.07, 6.45) is 2.22. The summed E-state index contributed by atoms with van der Waals surface area (Å²) < 4.78 is 32.5. The highest BCUT2D eigenvalue weighted by atomic mass is 32.2. The minimum atomic E-state index is -3.31. The van der Waals surface area contributed by atoms with Gasteiger partial charge in [0.1, 0.15) is 5.75 Å². The molecular formula is C26H30N2O3S. The number of nitrogens with zero attached hydrogens (tertiary/aromatic N) is 1. The van der Waals surface area contributed by atoms with Gasteiger partial charge in [-0.1, -0.05) is 48.5 Å². The van der Waals surface area contributed by atoms with Crippen molar-refractivity contribution in [2.75, 3.05) is 30.9 Å². The fourth-order valence-corrected chi connectivity index (χ4v) is 5.12. The van der Waals surface area contributed by atoms with E-state index in [9.17, 15) is 8.42 Å². The molecule has 1 N–H and O–H groups in total. The van der Waals surface area contributed by atoms with Crippen LogP contribution in [0.2, 0.25) is 0 Å². The molecule has 4 rings (SSSR count). The van der Waals surface area contributed by atoms with E-state index >= 15 is 0 Å². The molecule has 0 saturated carbocycles. The van der Waals surface area contributed by atoms with Crippen molar-refractivity contribution in [2.24, 2.45) is 0 Å². The number of hydrogen-bond acceptors (Lipinski definition) is 4. The van der Waals surface area contributed by atoms with Crippen LogP contribution in [0, 0.1) is 0 Å². The highest BCUT2D eigenvalue weighted by Gasteiger charge is 2.16. The van der Waals surface area contributed by atoms with Gasteiger partial charge in [0.05, 0.1) is 12.9 Å². The lowest BCUT2D eigenvalue weighted by Crippen LogP contribution is -2.30. The Morgan fingerprint density at radius 1 is 0.875 bits per heavy atom. The van der Waals surface area contributed by atoms with Crippen molar-refractivity contribution >= 4 is 15.7 Å². The van der Waals surface area contributed by atoms with Crippen molar-refractivity contribution in [1.82, 2.24) is 4.72 Å². The molecule has 168 valence electrons. The molecular weight excluding hydrogens is 420 g/mol. The van der Waals surface area contributed by atoms with Crippen LogP contribution >= 0.6 is 0 Å². The molecule has 1 heterocycles. The van der Waals surface area contributed by atoms with E-state index < -0.39 is 10.0 Å². The number of rotatable bonds is 9. The Hall–Kier alpha value is -2.83. The normalized spacial score (nSPS) is 13.6. The number of fused-ring (bicyclic) bond motifs is 1. The third-order valence-corrected chi connectivity index (χ3v) is 7.37. The maximum atomic E-state index is 12.3. The lowest BCUT2D eigenvalue weighted by atomic mass is 9.99. The zero-order valence-electron chi connectivity index (χ0n) is 18.5. The van der Waals surface area contributed by atoms with Gasteiger partial charge in [-0.15, -0.1) is 0 Å². The highest BCUT2D eigenvalue weighted by Crippen LogP contribution is 2.24. The second kappa shape index (κ2) is 10.2. The van der Waals surface area contributed by atoms with Gasteiger partial charge >= 0.3 is 0 Å². The number of benzene rings is 3. The second-order valence-corrected chi connectivity index (χ2v) is 10.1. The Balaban J connectivity index is 1.24. The molecule has 0 aliphatic carbocycles. The van der Waals surface area contributed by atoms with Crippen molar-refractivity contribution < 1.29 is 13.2 Å². The van der Waals surface area contributed by atoms with Crippen LogP contribution in [0.5, 0.6) is 5.75 Å². The van der Waals surface area contributed by atoms with E-state index in [1.807, 2.05) is 24.3 Å². The van der Waals surface area contributed by atoms with E-state index in [1.165, 1.54) is 16.8 Å². The van der Waals surface area contributed by atoms with Gasteiger partial charge < -0.3 is 9.64 Å². The molecule has 3 aromatic carbocycles. The monoisotopic (exact) mass is 450 g/mol. The van der Waals surface area contributed by atoms with Gasteiger partial charge in [-0.2, -0.15) is 0 Å². The van der Waals surface area contributed by atoms with Crippen LogP contribution in [0.25, 0.3) is 0 Å². The standard InChI is InChI=1S/C26H30N2O3S/c1-31-26-12-8-22(9-13-26)16-19-32(29,30)27-17-14-21-6-10-25(11-7-21)28-18-15-23-4-2-3-5-24(23)20-28/h2-13,27H,14-20H2,1H3. The highest BCUT2D eigenvalue weighted by molar-refractivity contribution is 7.89. The molecule has 1 aliphatic heterocycles. The van der Waals surface area contributed by atoms with E-state index in [2.05, 4.69) is 58.2 Å². The van der Waals surface area contributed by atoms with Crippen LogP contribution in [0.3, 0.4) is 0 Å². The van der Waals surface area contributed by atoms with Crippen molar-refractivity contribution in [2.45, 2.75) is 25.8 Å². The molecule has 0 fully saturated rings. The number of hydrogen-bond donors (Lipinski definition) is 1. The topological polar surface area (TPSA) is 58.6 Å². The van der Waals surface area contributed by atoms with Gasteiger partial charge in [-0.05, 0) is 65.8 Å². The third kappa shape index (κ3) is 5.90. The first-order valence-electron chi connectivity index (χ1n) is 11.0. The lowest BCUT2D eigenvalue weighted by Gasteiger charge is -2.30. The minimum absolute atomic E-state index is 0.0781. The van der Waals surface area contributed by atoms with Crippen molar-refractivity contribution in [3.05, 3.63) is 95.1 Å². The van der Waals surface area contributed by atoms with Crippen LogP contribution in [0.15, 0.2) is 72.8 Å². The molecule has 1 aliphatic rings. The number of methoxy groups -OCH3 is 1. The quantitative estimate of drug-likeness (QED) is 0.536. The SMILES string of the molecule is COc1ccc(CCS(=O)(=O)NCCc2ccc(N3CCc4ccccc4C3)cc2)cc1.